The lowest BCUT2D eigenvalue weighted by Gasteiger charge is -2.13. The summed E-state index contributed by atoms with van der Waals surface area (Å²) in [5.41, 5.74) is 7.44. The van der Waals surface area contributed by atoms with Crippen LogP contribution in [0.3, 0.4) is 0 Å². The summed E-state index contributed by atoms with van der Waals surface area (Å²) in [5.74, 6) is -0.277. The van der Waals surface area contributed by atoms with E-state index < -0.39 is 16.1 Å². The van der Waals surface area contributed by atoms with Crippen molar-refractivity contribution in [2.24, 2.45) is 5.73 Å². The van der Waals surface area contributed by atoms with E-state index in [0.717, 1.165) is 18.2 Å². The third kappa shape index (κ3) is 5.18. The monoisotopic (exact) mass is 299 g/mol. The minimum Gasteiger partial charge on any atom is -0.325 e. The van der Waals surface area contributed by atoms with Crippen LogP contribution in [0.1, 0.15) is 25.3 Å². The maximum absolute atomic E-state index is 11.8. The average molecular weight is 299 g/mol. The Morgan fingerprint density at radius 3 is 2.60 bits per heavy atom. The predicted molar refractivity (Wildman–Crippen MR) is 81.2 cm³/mol. The second-order valence-corrected chi connectivity index (χ2v) is 6.54. The van der Waals surface area contributed by atoms with Gasteiger partial charge in [-0.3, -0.25) is 9.52 Å². The second kappa shape index (κ2) is 6.71. The van der Waals surface area contributed by atoms with Gasteiger partial charge in [0.1, 0.15) is 0 Å². The first kappa shape index (κ1) is 16.5. The number of amides is 1. The number of carbonyl (C=O) groups excluding carboxylic acids is 1. The van der Waals surface area contributed by atoms with E-state index in [1.807, 2.05) is 6.92 Å². The molecule has 6 nitrogen and oxygen atoms in total. The molecule has 0 spiro atoms. The molecule has 0 aliphatic rings. The second-order valence-electron chi connectivity index (χ2n) is 4.79. The molecule has 0 saturated carbocycles. The van der Waals surface area contributed by atoms with Crippen molar-refractivity contribution in [3.63, 3.8) is 0 Å². The van der Waals surface area contributed by atoms with E-state index in [1.165, 1.54) is 0 Å². The highest BCUT2D eigenvalue weighted by Crippen LogP contribution is 2.21. The number of nitrogens with one attached hydrogen (secondary N) is 2. The van der Waals surface area contributed by atoms with Crippen molar-refractivity contribution < 1.29 is 13.2 Å². The Labute approximate surface area is 119 Å². The molecule has 0 aromatic heterocycles. The Kier molecular flexibility index (Phi) is 5.52. The third-order valence-corrected chi connectivity index (χ3v) is 3.33. The van der Waals surface area contributed by atoms with Gasteiger partial charge in [0.05, 0.1) is 18.0 Å². The number of rotatable bonds is 6. The zero-order chi connectivity index (χ0) is 15.3. The zero-order valence-corrected chi connectivity index (χ0v) is 12.8. The summed E-state index contributed by atoms with van der Waals surface area (Å²) in [6.07, 6.45) is 2.50. The van der Waals surface area contributed by atoms with Gasteiger partial charge in [0, 0.05) is 5.69 Å². The van der Waals surface area contributed by atoms with Gasteiger partial charge < -0.3 is 11.1 Å². The molecular weight excluding hydrogens is 278 g/mol. The molecule has 1 amide bonds. The molecule has 0 bridgehead atoms. The van der Waals surface area contributed by atoms with Crippen molar-refractivity contribution in [2.45, 2.75) is 32.7 Å². The molecule has 1 aromatic rings. The molecule has 20 heavy (non-hydrogen) atoms. The number of carbonyl (C=O) groups is 1. The molecule has 0 radical (unpaired) electrons. The fraction of sp³-hybridized carbons (Fsp3) is 0.462. The van der Waals surface area contributed by atoms with Gasteiger partial charge in [-0.15, -0.1) is 0 Å². The zero-order valence-electron chi connectivity index (χ0n) is 11.9. The minimum absolute atomic E-state index is 0.277. The van der Waals surface area contributed by atoms with Crippen LogP contribution in [-0.4, -0.2) is 26.6 Å². The fourth-order valence-corrected chi connectivity index (χ4v) is 2.31. The lowest BCUT2D eigenvalue weighted by molar-refractivity contribution is -0.117. The molecule has 0 saturated heterocycles. The number of aryl methyl sites for hydroxylation is 1. The lowest BCUT2D eigenvalue weighted by atomic mass is 10.1. The standard InChI is InChI=1S/C13H21N3O3S/c1-4-5-11(14)13(17)15-10-7-6-9(2)12(8-10)16-20(3,18)19/h6-8,11,16H,4-5,14H2,1-3H3,(H,15,17). The highest BCUT2D eigenvalue weighted by molar-refractivity contribution is 7.92. The lowest BCUT2D eigenvalue weighted by Crippen LogP contribution is -2.35. The summed E-state index contributed by atoms with van der Waals surface area (Å²) in [6, 6.07) is 4.45. The van der Waals surface area contributed by atoms with Crippen LogP contribution in [0.5, 0.6) is 0 Å². The first-order chi connectivity index (χ1) is 9.23. The predicted octanol–water partition coefficient (Wildman–Crippen LogP) is 1.43. The van der Waals surface area contributed by atoms with Gasteiger partial charge >= 0.3 is 0 Å². The highest BCUT2D eigenvalue weighted by Gasteiger charge is 2.13. The van der Waals surface area contributed by atoms with E-state index in [0.29, 0.717) is 17.8 Å². The van der Waals surface area contributed by atoms with Gasteiger partial charge in [-0.25, -0.2) is 8.42 Å². The van der Waals surface area contributed by atoms with Gasteiger partial charge in [-0.05, 0) is 31.0 Å². The van der Waals surface area contributed by atoms with Gasteiger partial charge in [-0.2, -0.15) is 0 Å². The van der Waals surface area contributed by atoms with E-state index in [2.05, 4.69) is 10.0 Å². The van der Waals surface area contributed by atoms with E-state index in [9.17, 15) is 13.2 Å². The van der Waals surface area contributed by atoms with Crippen molar-refractivity contribution in [3.8, 4) is 0 Å². The number of nitrogens with two attached hydrogens (primary N) is 1. The van der Waals surface area contributed by atoms with E-state index >= 15 is 0 Å². The molecule has 1 aromatic carbocycles. The Morgan fingerprint density at radius 2 is 2.05 bits per heavy atom. The van der Waals surface area contributed by atoms with Crippen LogP contribution in [0, 0.1) is 6.92 Å². The number of benzene rings is 1. The Bertz CT molecular complexity index is 585. The molecule has 1 unspecified atom stereocenters. The highest BCUT2D eigenvalue weighted by atomic mass is 32.2. The normalized spacial score (nSPS) is 12.8. The van der Waals surface area contributed by atoms with Crippen molar-refractivity contribution >= 4 is 27.3 Å². The van der Waals surface area contributed by atoms with Crippen molar-refractivity contribution in [1.29, 1.82) is 0 Å². The van der Waals surface area contributed by atoms with Crippen molar-refractivity contribution in [2.75, 3.05) is 16.3 Å². The molecule has 7 heteroatoms. The summed E-state index contributed by atoms with van der Waals surface area (Å²) >= 11 is 0. The van der Waals surface area contributed by atoms with Gasteiger partial charge in [0.25, 0.3) is 0 Å². The SMILES string of the molecule is CCCC(N)C(=O)Nc1ccc(C)c(NS(C)(=O)=O)c1. The summed E-state index contributed by atoms with van der Waals surface area (Å²) in [6.45, 7) is 3.73. The fourth-order valence-electron chi connectivity index (χ4n) is 1.69. The maximum atomic E-state index is 11.8. The molecule has 4 N–H and O–H groups in total. The molecule has 1 rings (SSSR count). The van der Waals surface area contributed by atoms with Crippen LogP contribution in [0.25, 0.3) is 0 Å². The topological polar surface area (TPSA) is 101 Å². The Hall–Kier alpha value is -1.60. The molecule has 112 valence electrons. The quantitative estimate of drug-likeness (QED) is 0.739. The van der Waals surface area contributed by atoms with Crippen molar-refractivity contribution in [3.05, 3.63) is 23.8 Å². The number of hydrogen-bond acceptors (Lipinski definition) is 4. The summed E-state index contributed by atoms with van der Waals surface area (Å²) < 4.78 is 24.9. The Morgan fingerprint density at radius 1 is 1.40 bits per heavy atom. The number of anilines is 2. The van der Waals surface area contributed by atoms with Crippen LogP contribution < -0.4 is 15.8 Å². The molecule has 0 heterocycles. The van der Waals surface area contributed by atoms with Crippen LogP contribution in [0.4, 0.5) is 11.4 Å². The molecule has 0 aliphatic heterocycles. The average Bonchev–Trinajstić information content (AvgIpc) is 2.32. The van der Waals surface area contributed by atoms with E-state index in [-0.39, 0.29) is 5.91 Å². The van der Waals surface area contributed by atoms with Crippen LogP contribution in [-0.2, 0) is 14.8 Å². The maximum Gasteiger partial charge on any atom is 0.241 e. The number of sulfonamides is 1. The van der Waals surface area contributed by atoms with Crippen LogP contribution in [0.15, 0.2) is 18.2 Å². The molecule has 0 aliphatic carbocycles. The Balaban J connectivity index is 2.87. The van der Waals surface area contributed by atoms with Crippen molar-refractivity contribution in [1.82, 2.24) is 0 Å². The number of hydrogen-bond donors (Lipinski definition) is 3. The largest absolute Gasteiger partial charge is 0.325 e. The molecular formula is C13H21N3O3S. The van der Waals surface area contributed by atoms with E-state index in [1.54, 1.807) is 25.1 Å². The first-order valence-electron chi connectivity index (χ1n) is 6.38. The summed E-state index contributed by atoms with van der Waals surface area (Å²) in [5, 5.41) is 2.68. The van der Waals surface area contributed by atoms with Gasteiger partial charge in [0.15, 0.2) is 0 Å². The first-order valence-corrected chi connectivity index (χ1v) is 8.27. The van der Waals surface area contributed by atoms with E-state index in [4.69, 9.17) is 5.73 Å². The minimum atomic E-state index is -3.36. The molecule has 1 atom stereocenters. The molecule has 0 fully saturated rings. The summed E-state index contributed by atoms with van der Waals surface area (Å²) in [4.78, 5) is 11.8. The van der Waals surface area contributed by atoms with Gasteiger partial charge in [0.2, 0.25) is 15.9 Å². The van der Waals surface area contributed by atoms with Gasteiger partial charge in [-0.1, -0.05) is 19.4 Å². The van der Waals surface area contributed by atoms with Crippen LogP contribution >= 0.6 is 0 Å². The summed E-state index contributed by atoms with van der Waals surface area (Å²) in [7, 11) is -3.36. The smallest absolute Gasteiger partial charge is 0.241 e. The van der Waals surface area contributed by atoms with Crippen LogP contribution in [0.2, 0.25) is 0 Å². The third-order valence-electron chi connectivity index (χ3n) is 2.74.